The number of amides is 4. The summed E-state index contributed by atoms with van der Waals surface area (Å²) in [6.45, 7) is 2.64. The van der Waals surface area contributed by atoms with E-state index in [1.807, 2.05) is 0 Å². The number of benzene rings is 2. The Bertz CT molecular complexity index is 1080. The van der Waals surface area contributed by atoms with E-state index < -0.39 is 41.3 Å². The molecule has 0 saturated carbocycles. The van der Waals surface area contributed by atoms with Gasteiger partial charge in [0.1, 0.15) is 23.5 Å². The highest BCUT2D eigenvalue weighted by Gasteiger charge is 2.36. The van der Waals surface area contributed by atoms with E-state index in [9.17, 15) is 27.6 Å². The predicted octanol–water partition coefficient (Wildman–Crippen LogP) is 3.26. The molecule has 1 saturated heterocycles. The van der Waals surface area contributed by atoms with Gasteiger partial charge in [-0.25, -0.2) is 18.0 Å². The van der Waals surface area contributed by atoms with Crippen molar-refractivity contribution >= 4 is 35.1 Å². The highest BCUT2D eigenvalue weighted by molar-refractivity contribution is 6.31. The quantitative estimate of drug-likeness (QED) is 0.664. The van der Waals surface area contributed by atoms with Crippen LogP contribution in [0.15, 0.2) is 49.1 Å². The Labute approximate surface area is 186 Å². The second-order valence-corrected chi connectivity index (χ2v) is 7.37. The first-order valence-corrected chi connectivity index (χ1v) is 9.72. The number of carbonyl (C=O) groups excluding carboxylic acids is 3. The molecule has 2 aromatic rings. The van der Waals surface area contributed by atoms with Crippen LogP contribution in [-0.2, 0) is 16.1 Å². The zero-order valence-electron chi connectivity index (χ0n) is 16.6. The number of hydrogen-bond acceptors (Lipinski definition) is 3. The lowest BCUT2D eigenvalue weighted by Gasteiger charge is -2.39. The number of rotatable bonds is 5. The molecule has 2 aromatic carbocycles. The minimum Gasteiger partial charge on any atom is -0.339 e. The summed E-state index contributed by atoms with van der Waals surface area (Å²) in [6.07, 6.45) is 0.969. The molecule has 0 aliphatic carbocycles. The molecule has 3 rings (SSSR count). The lowest BCUT2D eigenvalue weighted by molar-refractivity contribution is -0.142. The van der Waals surface area contributed by atoms with E-state index in [0.29, 0.717) is 6.07 Å². The maximum atomic E-state index is 14.1. The number of nitrogens with zero attached hydrogens (tertiary/aromatic N) is 2. The Morgan fingerprint density at radius 3 is 2.56 bits per heavy atom. The van der Waals surface area contributed by atoms with Gasteiger partial charge < -0.3 is 20.4 Å². The molecule has 0 radical (unpaired) electrons. The fraction of sp³-hybridized carbons (Fsp3) is 0.190. The summed E-state index contributed by atoms with van der Waals surface area (Å²) in [5.74, 6) is -3.48. The topological polar surface area (TPSA) is 81.8 Å². The SMILES string of the molecule is C=CC(=O)NC1CN(C(=O)Nc2ccc(F)c(Cl)c2)CN(Cc2ccc(F)cc2F)C1=O. The predicted molar refractivity (Wildman–Crippen MR) is 111 cm³/mol. The molecular weight excluding hydrogens is 449 g/mol. The largest absolute Gasteiger partial charge is 0.339 e. The molecule has 1 atom stereocenters. The van der Waals surface area contributed by atoms with Gasteiger partial charge in [0.15, 0.2) is 0 Å². The van der Waals surface area contributed by atoms with Crippen LogP contribution in [0.4, 0.5) is 23.7 Å². The lowest BCUT2D eigenvalue weighted by Crippen LogP contribution is -2.62. The molecule has 1 unspecified atom stereocenters. The molecule has 1 aliphatic heterocycles. The van der Waals surface area contributed by atoms with Gasteiger partial charge in [-0.05, 0) is 30.3 Å². The normalized spacial score (nSPS) is 16.0. The zero-order valence-corrected chi connectivity index (χ0v) is 17.3. The fourth-order valence-corrected chi connectivity index (χ4v) is 3.28. The summed E-state index contributed by atoms with van der Waals surface area (Å²) in [7, 11) is 0. The smallest absolute Gasteiger partial charge is 0.323 e. The summed E-state index contributed by atoms with van der Waals surface area (Å²) >= 11 is 5.73. The van der Waals surface area contributed by atoms with Crippen LogP contribution in [0.1, 0.15) is 5.56 Å². The summed E-state index contributed by atoms with van der Waals surface area (Å²) in [4.78, 5) is 39.7. The van der Waals surface area contributed by atoms with Gasteiger partial charge in [0.05, 0.1) is 24.8 Å². The van der Waals surface area contributed by atoms with E-state index in [0.717, 1.165) is 23.1 Å². The van der Waals surface area contributed by atoms with Gasteiger partial charge in [0.2, 0.25) is 11.8 Å². The fourth-order valence-electron chi connectivity index (χ4n) is 3.10. The first-order valence-electron chi connectivity index (χ1n) is 9.34. The van der Waals surface area contributed by atoms with Crippen LogP contribution in [0.2, 0.25) is 5.02 Å². The first-order chi connectivity index (χ1) is 15.2. The Morgan fingerprint density at radius 1 is 1.16 bits per heavy atom. The van der Waals surface area contributed by atoms with Gasteiger partial charge in [-0.2, -0.15) is 0 Å². The van der Waals surface area contributed by atoms with E-state index in [1.54, 1.807) is 0 Å². The lowest BCUT2D eigenvalue weighted by atomic mass is 10.1. The van der Waals surface area contributed by atoms with E-state index in [-0.39, 0.29) is 36.0 Å². The highest BCUT2D eigenvalue weighted by atomic mass is 35.5. The molecule has 0 bridgehead atoms. The van der Waals surface area contributed by atoms with E-state index in [4.69, 9.17) is 11.6 Å². The van der Waals surface area contributed by atoms with E-state index >= 15 is 0 Å². The molecule has 0 aromatic heterocycles. The van der Waals surface area contributed by atoms with Crippen LogP contribution in [0, 0.1) is 17.5 Å². The minimum absolute atomic E-state index is 0.0288. The summed E-state index contributed by atoms with van der Waals surface area (Å²) in [6, 6.07) is 4.73. The molecule has 1 fully saturated rings. The van der Waals surface area contributed by atoms with Crippen molar-refractivity contribution in [2.75, 3.05) is 18.5 Å². The highest BCUT2D eigenvalue weighted by Crippen LogP contribution is 2.21. The molecule has 1 heterocycles. The zero-order chi connectivity index (χ0) is 23.4. The number of urea groups is 1. The van der Waals surface area contributed by atoms with Crippen LogP contribution >= 0.6 is 11.6 Å². The van der Waals surface area contributed by atoms with E-state index in [2.05, 4.69) is 17.2 Å². The molecule has 4 amide bonds. The van der Waals surface area contributed by atoms with Gasteiger partial charge in [-0.15, -0.1) is 0 Å². The van der Waals surface area contributed by atoms with Crippen LogP contribution in [0.5, 0.6) is 0 Å². The van der Waals surface area contributed by atoms with Gasteiger partial charge in [-0.1, -0.05) is 24.2 Å². The molecule has 7 nitrogen and oxygen atoms in total. The number of anilines is 1. The van der Waals surface area contributed by atoms with Gasteiger partial charge in [0.25, 0.3) is 0 Å². The average Bonchev–Trinajstić information content (AvgIpc) is 2.75. The third-order valence-electron chi connectivity index (χ3n) is 4.69. The Morgan fingerprint density at radius 2 is 1.91 bits per heavy atom. The Hall–Kier alpha value is -3.53. The van der Waals surface area contributed by atoms with Crippen molar-refractivity contribution in [1.29, 1.82) is 0 Å². The Kier molecular flexibility index (Phi) is 7.04. The average molecular weight is 467 g/mol. The standard InChI is InChI=1S/C21H18ClF3N4O3/c1-2-19(30)27-18-10-29(21(32)26-14-5-6-16(24)15(22)8-14)11-28(20(18)31)9-12-3-4-13(23)7-17(12)25/h2-8,18H,1,9-11H2,(H,26,32)(H,27,30). The second kappa shape index (κ2) is 9.73. The second-order valence-electron chi connectivity index (χ2n) is 6.96. The molecule has 168 valence electrons. The van der Waals surface area contributed by atoms with Crippen molar-refractivity contribution in [1.82, 2.24) is 15.1 Å². The first kappa shape index (κ1) is 23.1. The molecule has 0 spiro atoms. The Balaban J connectivity index is 1.82. The summed E-state index contributed by atoms with van der Waals surface area (Å²) in [5, 5.41) is 4.76. The van der Waals surface area contributed by atoms with Gasteiger partial charge in [-0.3, -0.25) is 9.59 Å². The summed E-state index contributed by atoms with van der Waals surface area (Å²) in [5.41, 5.74) is 0.238. The van der Waals surface area contributed by atoms with Crippen molar-refractivity contribution in [2.45, 2.75) is 12.6 Å². The van der Waals surface area contributed by atoms with Crippen molar-refractivity contribution in [3.8, 4) is 0 Å². The molecule has 32 heavy (non-hydrogen) atoms. The van der Waals surface area contributed by atoms with Crippen molar-refractivity contribution in [3.63, 3.8) is 0 Å². The number of carbonyl (C=O) groups is 3. The molecule has 11 heteroatoms. The van der Waals surface area contributed by atoms with Crippen LogP contribution in [-0.4, -0.2) is 46.9 Å². The number of nitrogens with one attached hydrogen (secondary N) is 2. The van der Waals surface area contributed by atoms with Crippen molar-refractivity contribution < 1.29 is 27.6 Å². The maximum absolute atomic E-state index is 14.1. The van der Waals surface area contributed by atoms with Crippen molar-refractivity contribution in [2.24, 2.45) is 0 Å². The monoisotopic (exact) mass is 466 g/mol. The van der Waals surface area contributed by atoms with Gasteiger partial charge >= 0.3 is 6.03 Å². The van der Waals surface area contributed by atoms with Crippen molar-refractivity contribution in [3.05, 3.63) is 77.1 Å². The van der Waals surface area contributed by atoms with Gasteiger partial charge in [0, 0.05) is 17.3 Å². The number of hydrogen-bond donors (Lipinski definition) is 2. The van der Waals surface area contributed by atoms with Crippen LogP contribution in [0.25, 0.3) is 0 Å². The van der Waals surface area contributed by atoms with Crippen LogP contribution in [0.3, 0.4) is 0 Å². The maximum Gasteiger partial charge on any atom is 0.323 e. The molecule has 1 aliphatic rings. The number of halogens is 4. The summed E-state index contributed by atoms with van der Waals surface area (Å²) < 4.78 is 40.7. The molecule has 2 N–H and O–H groups in total. The van der Waals surface area contributed by atoms with Crippen LogP contribution < -0.4 is 10.6 Å². The minimum atomic E-state index is -1.12. The molecular formula is C21H18ClF3N4O3. The van der Waals surface area contributed by atoms with E-state index in [1.165, 1.54) is 23.1 Å². The third kappa shape index (κ3) is 5.38. The third-order valence-corrected chi connectivity index (χ3v) is 4.98.